The number of aromatic nitrogens is 3. The summed E-state index contributed by atoms with van der Waals surface area (Å²) in [5.41, 5.74) is 1.38. The van der Waals surface area contributed by atoms with Gasteiger partial charge in [-0.05, 0) is 31.0 Å². The number of carbonyl (C=O) groups is 1. The van der Waals surface area contributed by atoms with E-state index in [1.54, 1.807) is 41.4 Å². The molecule has 2 aromatic heterocycles. The number of hydrogen-bond donors (Lipinski definition) is 0. The Morgan fingerprint density at radius 1 is 1.15 bits per heavy atom. The second-order valence-electron chi connectivity index (χ2n) is 8.64. The van der Waals surface area contributed by atoms with Crippen molar-refractivity contribution in [3.05, 3.63) is 66.4 Å². The number of carbonyl (C=O) groups excluding carboxylic acids is 1. The third-order valence-corrected chi connectivity index (χ3v) is 6.68. The lowest BCUT2D eigenvalue weighted by molar-refractivity contribution is -0.140. The van der Waals surface area contributed by atoms with Crippen LogP contribution >= 0.6 is 0 Å². The molecule has 3 aromatic rings. The molecule has 1 aromatic carbocycles. The molecule has 3 aliphatic rings. The van der Waals surface area contributed by atoms with Crippen LogP contribution in [0, 0.1) is 5.82 Å². The lowest BCUT2D eigenvalue weighted by Crippen LogP contribution is -2.66. The Balaban J connectivity index is 1.20. The number of anilines is 1. The van der Waals surface area contributed by atoms with Gasteiger partial charge in [-0.1, -0.05) is 18.2 Å². The summed E-state index contributed by atoms with van der Waals surface area (Å²) >= 11 is 0. The molecule has 0 aliphatic carbocycles. The van der Waals surface area contributed by atoms with Crippen LogP contribution in [0.15, 0.2) is 55.0 Å². The van der Waals surface area contributed by atoms with E-state index in [-0.39, 0.29) is 24.0 Å². The van der Waals surface area contributed by atoms with Crippen molar-refractivity contribution in [2.75, 3.05) is 18.0 Å². The maximum absolute atomic E-state index is 14.4. The fraction of sp³-hybridized carbons (Fsp3) is 0.348. The molecule has 3 aliphatic heterocycles. The highest BCUT2D eigenvalue weighted by atomic mass is 19.3. The largest absolute Gasteiger partial charge is 0.364 e. The predicted molar refractivity (Wildman–Crippen MR) is 112 cm³/mol. The van der Waals surface area contributed by atoms with E-state index < -0.39 is 12.2 Å². The monoisotopic (exact) mass is 455 g/mol. The van der Waals surface area contributed by atoms with E-state index >= 15 is 0 Å². The zero-order valence-corrected chi connectivity index (χ0v) is 17.4. The number of fused-ring (bicyclic) bond motifs is 1. The van der Waals surface area contributed by atoms with E-state index in [0.29, 0.717) is 47.4 Å². The van der Waals surface area contributed by atoms with Gasteiger partial charge in [0.1, 0.15) is 12.0 Å². The standard InChI is InChI=1S/C23H20F3N5O2/c24-17-4-2-1-3-16(17)19-5-6-20-31(19)21(32)23(33-20)12-29(13-23)15-7-8-27-18(9-15)14-10-28-30(11-14)22(25)26/h1-4,7-11,19-20,22H,5-6,12-13H2/t19-,20+/m0/s1. The van der Waals surface area contributed by atoms with Gasteiger partial charge in [0.05, 0.1) is 31.0 Å². The fourth-order valence-electron chi connectivity index (χ4n) is 5.08. The van der Waals surface area contributed by atoms with Crippen LogP contribution in [-0.4, -0.2) is 50.5 Å². The van der Waals surface area contributed by atoms with E-state index in [0.717, 1.165) is 5.69 Å². The summed E-state index contributed by atoms with van der Waals surface area (Å²) in [6, 6.07) is 9.81. The van der Waals surface area contributed by atoms with Gasteiger partial charge in [0.25, 0.3) is 5.91 Å². The van der Waals surface area contributed by atoms with Gasteiger partial charge in [0, 0.05) is 29.2 Å². The summed E-state index contributed by atoms with van der Waals surface area (Å²) in [4.78, 5) is 21.3. The first-order valence-corrected chi connectivity index (χ1v) is 10.7. The van der Waals surface area contributed by atoms with Crippen molar-refractivity contribution < 1.29 is 22.7 Å². The molecular weight excluding hydrogens is 435 g/mol. The van der Waals surface area contributed by atoms with Crippen LogP contribution in [0.1, 0.15) is 31.0 Å². The molecule has 5 heterocycles. The number of pyridine rings is 1. The van der Waals surface area contributed by atoms with Crippen molar-refractivity contribution >= 4 is 11.6 Å². The van der Waals surface area contributed by atoms with Gasteiger partial charge < -0.3 is 14.5 Å². The Labute approximate surface area is 187 Å². The lowest BCUT2D eigenvalue weighted by Gasteiger charge is -2.46. The first-order valence-electron chi connectivity index (χ1n) is 10.7. The van der Waals surface area contributed by atoms with Crippen molar-refractivity contribution in [1.29, 1.82) is 0 Å². The Morgan fingerprint density at radius 2 is 1.97 bits per heavy atom. The number of nitrogens with zero attached hydrogens (tertiary/aromatic N) is 5. The van der Waals surface area contributed by atoms with Crippen LogP contribution in [0.3, 0.4) is 0 Å². The van der Waals surface area contributed by atoms with Gasteiger partial charge in [-0.2, -0.15) is 13.9 Å². The highest BCUT2D eigenvalue weighted by Crippen LogP contribution is 2.48. The predicted octanol–water partition coefficient (Wildman–Crippen LogP) is 3.76. The Morgan fingerprint density at radius 3 is 2.73 bits per heavy atom. The number of alkyl halides is 2. The minimum Gasteiger partial charge on any atom is -0.364 e. The molecular formula is C23H20F3N5O2. The molecule has 6 rings (SSSR count). The van der Waals surface area contributed by atoms with Gasteiger partial charge in [-0.25, -0.2) is 9.07 Å². The molecule has 2 atom stereocenters. The minimum absolute atomic E-state index is 0.109. The summed E-state index contributed by atoms with van der Waals surface area (Å²) in [5, 5.41) is 3.66. The molecule has 7 nitrogen and oxygen atoms in total. The number of ether oxygens (including phenoxy) is 1. The molecule has 10 heteroatoms. The van der Waals surface area contributed by atoms with Crippen LogP contribution in [0.4, 0.5) is 18.9 Å². The first kappa shape index (κ1) is 20.2. The quantitative estimate of drug-likeness (QED) is 0.600. The normalized spacial score (nSPS) is 23.5. The molecule has 3 saturated heterocycles. The summed E-state index contributed by atoms with van der Waals surface area (Å²) in [6.45, 7) is -1.99. The van der Waals surface area contributed by atoms with E-state index in [9.17, 15) is 18.0 Å². The minimum atomic E-state index is -2.72. The van der Waals surface area contributed by atoms with E-state index in [1.165, 1.54) is 18.5 Å². The zero-order valence-electron chi connectivity index (χ0n) is 17.4. The highest BCUT2D eigenvalue weighted by Gasteiger charge is 2.62. The van der Waals surface area contributed by atoms with Crippen molar-refractivity contribution in [3.63, 3.8) is 0 Å². The number of amides is 1. The smallest absolute Gasteiger partial charge is 0.333 e. The van der Waals surface area contributed by atoms with Crippen LogP contribution in [0.2, 0.25) is 0 Å². The Kier molecular flexibility index (Phi) is 4.48. The van der Waals surface area contributed by atoms with Crippen molar-refractivity contribution in [2.45, 2.75) is 37.3 Å². The SMILES string of the molecule is O=C1N2[C@@H](CC[C@H]2c2ccccc2F)OC12CN(c1ccnc(-c3cnn(C(F)F)c3)c1)C2. The fourth-order valence-corrected chi connectivity index (χ4v) is 5.08. The summed E-state index contributed by atoms with van der Waals surface area (Å²) in [5.74, 6) is -0.423. The third-order valence-electron chi connectivity index (χ3n) is 6.68. The van der Waals surface area contributed by atoms with Gasteiger partial charge in [0.15, 0.2) is 5.60 Å². The molecule has 0 N–H and O–H groups in total. The zero-order chi connectivity index (χ0) is 22.7. The van der Waals surface area contributed by atoms with Gasteiger partial charge in [-0.15, -0.1) is 0 Å². The van der Waals surface area contributed by atoms with E-state index in [1.807, 2.05) is 4.90 Å². The maximum atomic E-state index is 14.4. The highest BCUT2D eigenvalue weighted by molar-refractivity contribution is 5.91. The molecule has 170 valence electrons. The average molecular weight is 455 g/mol. The third kappa shape index (κ3) is 3.12. The number of hydrogen-bond acceptors (Lipinski definition) is 5. The summed E-state index contributed by atoms with van der Waals surface area (Å²) in [6.07, 6.45) is 5.17. The topological polar surface area (TPSA) is 63.5 Å². The molecule has 0 radical (unpaired) electrons. The lowest BCUT2D eigenvalue weighted by atomic mass is 9.91. The molecule has 0 bridgehead atoms. The van der Waals surface area contributed by atoms with Crippen molar-refractivity contribution in [2.24, 2.45) is 0 Å². The first-order chi connectivity index (χ1) is 15.9. The molecule has 1 amide bonds. The molecule has 3 fully saturated rings. The number of benzene rings is 1. The second-order valence-corrected chi connectivity index (χ2v) is 8.64. The van der Waals surface area contributed by atoms with Crippen LogP contribution in [-0.2, 0) is 9.53 Å². The number of halogens is 3. The maximum Gasteiger partial charge on any atom is 0.333 e. The molecule has 0 saturated carbocycles. The van der Waals surface area contributed by atoms with Gasteiger partial charge in [-0.3, -0.25) is 9.78 Å². The molecule has 0 unspecified atom stereocenters. The average Bonchev–Trinajstić information content (AvgIpc) is 3.49. The Bertz CT molecular complexity index is 1230. The van der Waals surface area contributed by atoms with Crippen molar-refractivity contribution in [1.82, 2.24) is 19.7 Å². The second kappa shape index (κ2) is 7.31. The summed E-state index contributed by atoms with van der Waals surface area (Å²) in [7, 11) is 0. The number of rotatable bonds is 4. The summed E-state index contributed by atoms with van der Waals surface area (Å²) < 4.78 is 46.8. The van der Waals surface area contributed by atoms with Crippen molar-refractivity contribution in [3.8, 4) is 11.3 Å². The molecule has 33 heavy (non-hydrogen) atoms. The van der Waals surface area contributed by atoms with Gasteiger partial charge >= 0.3 is 6.55 Å². The van der Waals surface area contributed by atoms with E-state index in [4.69, 9.17) is 4.74 Å². The van der Waals surface area contributed by atoms with Crippen LogP contribution in [0.5, 0.6) is 0 Å². The van der Waals surface area contributed by atoms with Crippen LogP contribution < -0.4 is 4.90 Å². The molecule has 1 spiro atoms. The Hall–Kier alpha value is -3.40. The van der Waals surface area contributed by atoms with E-state index in [2.05, 4.69) is 10.1 Å². The van der Waals surface area contributed by atoms with Crippen LogP contribution in [0.25, 0.3) is 11.3 Å². The van der Waals surface area contributed by atoms with Gasteiger partial charge in [0.2, 0.25) is 0 Å².